The van der Waals surface area contributed by atoms with Crippen LogP contribution < -0.4 is 14.4 Å². The maximum Gasteiger partial charge on any atom is 0.264 e. The summed E-state index contributed by atoms with van der Waals surface area (Å²) in [5.74, 6) is 0.194. The number of carbonyl (C=O) groups excluding carboxylic acids is 1. The number of amides is 1. The number of hydrogen-bond acceptors (Lipinski definition) is 4. The van der Waals surface area contributed by atoms with Gasteiger partial charge in [-0.3, -0.25) is 9.10 Å². The van der Waals surface area contributed by atoms with Gasteiger partial charge in [-0.25, -0.2) is 8.42 Å². The van der Waals surface area contributed by atoms with Crippen LogP contribution in [-0.2, 0) is 20.2 Å². The van der Waals surface area contributed by atoms with Gasteiger partial charge < -0.3 is 10.1 Å². The zero-order valence-corrected chi connectivity index (χ0v) is 22.7. The van der Waals surface area contributed by atoms with Crippen molar-refractivity contribution in [2.75, 3.05) is 17.5 Å². The second kappa shape index (κ2) is 11.2. The summed E-state index contributed by atoms with van der Waals surface area (Å²) < 4.78 is 33.8. The lowest BCUT2D eigenvalue weighted by atomic mass is 9.86. The molecule has 1 amide bonds. The standard InChI is InChI=1S/C29H36N2O4S/c1-7-35-26-16-18-27(19-17-26)36(33,34)31(25-14-8-21(2)9-15-25)20-28(32)30-22(3)23-10-12-24(13-11-23)29(4,5)6/h8-19,22H,7,20H2,1-6H3,(H,30,32)/t22-/m1/s1. The van der Waals surface area contributed by atoms with Crippen LogP contribution >= 0.6 is 0 Å². The fraction of sp³-hybridized carbons (Fsp3) is 0.345. The number of rotatable bonds is 9. The smallest absolute Gasteiger partial charge is 0.264 e. The first kappa shape index (κ1) is 27.3. The summed E-state index contributed by atoms with van der Waals surface area (Å²) in [5, 5.41) is 2.95. The fourth-order valence-corrected chi connectivity index (χ4v) is 5.22. The zero-order chi connectivity index (χ0) is 26.5. The van der Waals surface area contributed by atoms with Crippen molar-refractivity contribution in [3.63, 3.8) is 0 Å². The first-order valence-corrected chi connectivity index (χ1v) is 13.6. The highest BCUT2D eigenvalue weighted by atomic mass is 32.2. The van der Waals surface area contributed by atoms with Crippen molar-refractivity contribution in [1.82, 2.24) is 5.32 Å². The molecule has 0 aliphatic rings. The molecule has 0 fully saturated rings. The Kier molecular flexibility index (Phi) is 8.46. The normalized spacial score (nSPS) is 12.6. The molecule has 0 aliphatic carbocycles. The number of benzene rings is 3. The van der Waals surface area contributed by atoms with Crippen molar-refractivity contribution in [2.24, 2.45) is 0 Å². The SMILES string of the molecule is CCOc1ccc(S(=O)(=O)N(CC(=O)N[C@H](C)c2ccc(C(C)(C)C)cc2)c2ccc(C)cc2)cc1. The minimum atomic E-state index is -4.00. The lowest BCUT2D eigenvalue weighted by molar-refractivity contribution is -0.120. The van der Waals surface area contributed by atoms with Gasteiger partial charge in [-0.05, 0) is 73.7 Å². The molecule has 0 saturated carbocycles. The van der Waals surface area contributed by atoms with E-state index < -0.39 is 15.9 Å². The van der Waals surface area contributed by atoms with E-state index in [9.17, 15) is 13.2 Å². The quantitative estimate of drug-likeness (QED) is 0.398. The third-order valence-electron chi connectivity index (χ3n) is 5.99. The number of nitrogens with zero attached hydrogens (tertiary/aromatic N) is 1. The zero-order valence-electron chi connectivity index (χ0n) is 21.9. The van der Waals surface area contributed by atoms with Crippen LogP contribution in [-0.4, -0.2) is 27.5 Å². The highest BCUT2D eigenvalue weighted by Gasteiger charge is 2.28. The van der Waals surface area contributed by atoms with E-state index in [1.54, 1.807) is 24.3 Å². The number of sulfonamides is 1. The first-order valence-electron chi connectivity index (χ1n) is 12.1. The lowest BCUT2D eigenvalue weighted by Gasteiger charge is -2.25. The van der Waals surface area contributed by atoms with Crippen LogP contribution in [0, 0.1) is 6.92 Å². The van der Waals surface area contributed by atoms with Crippen molar-refractivity contribution in [3.8, 4) is 5.75 Å². The fourth-order valence-electron chi connectivity index (χ4n) is 3.80. The number of aryl methyl sites for hydroxylation is 1. The maximum absolute atomic E-state index is 13.6. The van der Waals surface area contributed by atoms with E-state index in [0.29, 0.717) is 18.0 Å². The van der Waals surface area contributed by atoms with Gasteiger partial charge in [0.2, 0.25) is 5.91 Å². The van der Waals surface area contributed by atoms with Crippen LogP contribution in [0.5, 0.6) is 5.75 Å². The average molecular weight is 509 g/mol. The maximum atomic E-state index is 13.6. The molecule has 1 atom stereocenters. The minimum absolute atomic E-state index is 0.0365. The molecule has 0 radical (unpaired) electrons. The van der Waals surface area contributed by atoms with Gasteiger partial charge in [0.15, 0.2) is 0 Å². The van der Waals surface area contributed by atoms with Gasteiger partial charge in [-0.1, -0.05) is 62.7 Å². The highest BCUT2D eigenvalue weighted by molar-refractivity contribution is 7.92. The molecule has 3 rings (SSSR count). The molecule has 3 aromatic rings. The van der Waals surface area contributed by atoms with Gasteiger partial charge in [0.1, 0.15) is 12.3 Å². The topological polar surface area (TPSA) is 75.7 Å². The van der Waals surface area contributed by atoms with Crippen LogP contribution in [0.1, 0.15) is 57.4 Å². The number of anilines is 1. The largest absolute Gasteiger partial charge is 0.494 e. The first-order chi connectivity index (χ1) is 16.9. The van der Waals surface area contributed by atoms with Gasteiger partial charge in [0.05, 0.1) is 23.2 Å². The predicted molar refractivity (Wildman–Crippen MR) is 145 cm³/mol. The second-order valence-corrected chi connectivity index (χ2v) is 11.8. The van der Waals surface area contributed by atoms with Gasteiger partial charge in [0.25, 0.3) is 10.0 Å². The number of carbonyl (C=O) groups is 1. The van der Waals surface area contributed by atoms with Gasteiger partial charge in [-0.15, -0.1) is 0 Å². The van der Waals surface area contributed by atoms with Crippen molar-refractivity contribution in [3.05, 3.63) is 89.5 Å². The molecular weight excluding hydrogens is 472 g/mol. The third kappa shape index (κ3) is 6.66. The van der Waals surface area contributed by atoms with E-state index in [0.717, 1.165) is 15.4 Å². The van der Waals surface area contributed by atoms with Crippen molar-refractivity contribution < 1.29 is 17.9 Å². The van der Waals surface area contributed by atoms with E-state index in [2.05, 4.69) is 38.2 Å². The molecule has 0 spiro atoms. The van der Waals surface area contributed by atoms with Gasteiger partial charge in [0, 0.05) is 0 Å². The Labute approximate surface area is 215 Å². The molecule has 7 heteroatoms. The second-order valence-electron chi connectivity index (χ2n) is 9.91. The average Bonchev–Trinajstić information content (AvgIpc) is 2.83. The van der Waals surface area contributed by atoms with E-state index >= 15 is 0 Å². The highest BCUT2D eigenvalue weighted by Crippen LogP contribution is 2.27. The molecule has 0 saturated heterocycles. The Bertz CT molecular complexity index is 1260. The Hall–Kier alpha value is -3.32. The predicted octanol–water partition coefficient (Wildman–Crippen LogP) is 5.76. The summed E-state index contributed by atoms with van der Waals surface area (Å²) in [6.07, 6.45) is 0. The van der Waals surface area contributed by atoms with E-state index in [4.69, 9.17) is 4.74 Å². The van der Waals surface area contributed by atoms with Gasteiger partial charge in [-0.2, -0.15) is 0 Å². The van der Waals surface area contributed by atoms with Gasteiger partial charge >= 0.3 is 0 Å². The third-order valence-corrected chi connectivity index (χ3v) is 7.77. The summed E-state index contributed by atoms with van der Waals surface area (Å²) in [6.45, 7) is 12.3. The molecule has 6 nitrogen and oxygen atoms in total. The molecule has 0 heterocycles. The monoisotopic (exact) mass is 508 g/mol. The molecular formula is C29H36N2O4S. The molecule has 0 aliphatic heterocycles. The van der Waals surface area contributed by atoms with Crippen LogP contribution in [0.15, 0.2) is 77.7 Å². The molecule has 0 unspecified atom stereocenters. The van der Waals surface area contributed by atoms with Crippen LogP contribution in [0.2, 0.25) is 0 Å². The summed E-state index contributed by atoms with van der Waals surface area (Å²) >= 11 is 0. The Balaban J connectivity index is 1.84. The molecule has 3 aromatic carbocycles. The van der Waals surface area contributed by atoms with E-state index in [1.807, 2.05) is 45.0 Å². The van der Waals surface area contributed by atoms with Crippen molar-refractivity contribution in [2.45, 2.75) is 57.9 Å². The van der Waals surface area contributed by atoms with Crippen molar-refractivity contribution >= 4 is 21.6 Å². The lowest BCUT2D eigenvalue weighted by Crippen LogP contribution is -2.41. The Morgan fingerprint density at radius 3 is 2.06 bits per heavy atom. The number of ether oxygens (including phenoxy) is 1. The minimum Gasteiger partial charge on any atom is -0.494 e. The summed E-state index contributed by atoms with van der Waals surface area (Å²) in [4.78, 5) is 13.2. The Morgan fingerprint density at radius 2 is 1.53 bits per heavy atom. The van der Waals surface area contributed by atoms with Crippen molar-refractivity contribution in [1.29, 1.82) is 0 Å². The number of nitrogens with one attached hydrogen (secondary N) is 1. The molecule has 0 aromatic heterocycles. The van der Waals surface area contributed by atoms with Crippen LogP contribution in [0.4, 0.5) is 5.69 Å². The number of hydrogen-bond donors (Lipinski definition) is 1. The van der Waals surface area contributed by atoms with E-state index in [-0.39, 0.29) is 22.9 Å². The van der Waals surface area contributed by atoms with Crippen LogP contribution in [0.3, 0.4) is 0 Å². The molecule has 1 N–H and O–H groups in total. The van der Waals surface area contributed by atoms with Crippen LogP contribution in [0.25, 0.3) is 0 Å². The summed E-state index contributed by atoms with van der Waals surface area (Å²) in [7, 11) is -4.00. The molecule has 192 valence electrons. The van der Waals surface area contributed by atoms with E-state index in [1.165, 1.54) is 17.7 Å². The summed E-state index contributed by atoms with van der Waals surface area (Å²) in [5.41, 5.74) is 3.61. The molecule has 36 heavy (non-hydrogen) atoms. The molecule has 0 bridgehead atoms. The summed E-state index contributed by atoms with van der Waals surface area (Å²) in [6, 6.07) is 21.2. The Morgan fingerprint density at radius 1 is 0.944 bits per heavy atom.